The Balaban J connectivity index is 0.00000529. The Morgan fingerprint density at radius 2 is 1.88 bits per heavy atom. The summed E-state index contributed by atoms with van der Waals surface area (Å²) in [4.78, 5) is 28.7. The quantitative estimate of drug-likeness (QED) is 0.248. The van der Waals surface area contributed by atoms with E-state index >= 15 is 0 Å². The first-order valence-corrected chi connectivity index (χ1v) is 7.98. The number of amides is 2. The Morgan fingerprint density at radius 1 is 1.25 bits per heavy atom. The van der Waals surface area contributed by atoms with Crippen LogP contribution in [-0.4, -0.2) is 67.2 Å². The molecule has 1 aliphatic rings. The highest BCUT2D eigenvalue weighted by Gasteiger charge is 2.34. The van der Waals surface area contributed by atoms with Crippen LogP contribution in [-0.2, 0) is 9.53 Å². The number of hydrogen-bond donors (Lipinski definition) is 3. The molecule has 140 valence electrons. The third-order valence-corrected chi connectivity index (χ3v) is 2.97. The summed E-state index contributed by atoms with van der Waals surface area (Å²) in [6.07, 6.45) is -0.289. The third-order valence-electron chi connectivity index (χ3n) is 2.97. The van der Waals surface area contributed by atoms with Gasteiger partial charge >= 0.3 is 6.09 Å². The molecule has 0 aromatic rings. The Bertz CT molecular complexity index is 445. The van der Waals surface area contributed by atoms with Gasteiger partial charge in [-0.1, -0.05) is 0 Å². The molecular weight excluding hydrogens is 425 g/mol. The van der Waals surface area contributed by atoms with Crippen LogP contribution in [0.3, 0.4) is 0 Å². The molecule has 1 rings (SSSR count). The van der Waals surface area contributed by atoms with Gasteiger partial charge in [0.25, 0.3) is 0 Å². The van der Waals surface area contributed by atoms with Gasteiger partial charge in [-0.2, -0.15) is 0 Å². The molecule has 0 aromatic carbocycles. The number of halogens is 1. The summed E-state index contributed by atoms with van der Waals surface area (Å²) in [5.74, 6) is 0.622. The van der Waals surface area contributed by atoms with Gasteiger partial charge in [0.1, 0.15) is 5.60 Å². The molecule has 0 unspecified atom stereocenters. The van der Waals surface area contributed by atoms with Crippen molar-refractivity contribution in [2.24, 2.45) is 4.99 Å². The van der Waals surface area contributed by atoms with E-state index in [2.05, 4.69) is 20.9 Å². The monoisotopic (exact) mass is 455 g/mol. The van der Waals surface area contributed by atoms with Crippen LogP contribution in [0.1, 0.15) is 34.6 Å². The molecule has 24 heavy (non-hydrogen) atoms. The molecule has 1 aliphatic heterocycles. The number of carbonyl (C=O) groups is 2. The van der Waals surface area contributed by atoms with Crippen LogP contribution in [0.4, 0.5) is 4.79 Å². The lowest BCUT2D eigenvalue weighted by atomic mass is 10.1. The zero-order valence-corrected chi connectivity index (χ0v) is 17.5. The van der Waals surface area contributed by atoms with Crippen molar-refractivity contribution in [3.63, 3.8) is 0 Å². The third kappa shape index (κ3) is 9.14. The number of carbonyl (C=O) groups excluding carboxylic acids is 2. The largest absolute Gasteiger partial charge is 0.444 e. The minimum Gasteiger partial charge on any atom is -0.444 e. The zero-order chi connectivity index (χ0) is 17.5. The van der Waals surface area contributed by atoms with E-state index in [4.69, 9.17) is 4.74 Å². The average Bonchev–Trinajstić information content (AvgIpc) is 2.35. The predicted molar refractivity (Wildman–Crippen MR) is 105 cm³/mol. The van der Waals surface area contributed by atoms with Crippen molar-refractivity contribution in [1.29, 1.82) is 0 Å². The van der Waals surface area contributed by atoms with E-state index in [9.17, 15) is 9.59 Å². The molecule has 9 heteroatoms. The lowest BCUT2D eigenvalue weighted by molar-refractivity contribution is -0.118. The van der Waals surface area contributed by atoms with Crippen molar-refractivity contribution < 1.29 is 14.3 Å². The minimum absolute atomic E-state index is 0. The van der Waals surface area contributed by atoms with E-state index in [-0.39, 0.29) is 42.0 Å². The lowest BCUT2D eigenvalue weighted by Gasteiger charge is -2.40. The molecular formula is C15H30IN5O3. The first-order valence-electron chi connectivity index (χ1n) is 7.98. The summed E-state index contributed by atoms with van der Waals surface area (Å²) >= 11 is 0. The summed E-state index contributed by atoms with van der Waals surface area (Å²) in [5, 5.41) is 9.11. The Kier molecular flexibility index (Phi) is 10.0. The van der Waals surface area contributed by atoms with Crippen molar-refractivity contribution in [3.8, 4) is 0 Å². The van der Waals surface area contributed by atoms with Gasteiger partial charge in [0.2, 0.25) is 5.91 Å². The second-order valence-electron chi connectivity index (χ2n) is 6.47. The normalized spacial score (nSPS) is 15.0. The SMILES string of the molecule is CCNC(=NCCNC(C)=O)NC1CN(C(=O)OC(C)(C)C)C1.I. The van der Waals surface area contributed by atoms with Gasteiger partial charge in [-0.3, -0.25) is 9.79 Å². The minimum atomic E-state index is -0.476. The number of guanidine groups is 1. The maximum Gasteiger partial charge on any atom is 0.410 e. The summed E-state index contributed by atoms with van der Waals surface area (Å²) in [6, 6.07) is 0.154. The maximum atomic E-state index is 11.9. The molecule has 0 spiro atoms. The molecule has 1 saturated heterocycles. The standard InChI is InChI=1S/C15H29N5O3.HI/c1-6-16-13(18-8-7-17-11(2)21)19-12-9-20(10-12)14(22)23-15(3,4)5;/h12H,6-10H2,1-5H3,(H,17,21)(H2,16,18,19);1H. The molecule has 0 aromatic heterocycles. The van der Waals surface area contributed by atoms with Gasteiger partial charge in [0.05, 0.1) is 12.6 Å². The van der Waals surface area contributed by atoms with Crippen LogP contribution < -0.4 is 16.0 Å². The number of likely N-dealkylation sites (tertiary alicyclic amines) is 1. The van der Waals surface area contributed by atoms with Gasteiger partial charge in [-0.15, -0.1) is 24.0 Å². The van der Waals surface area contributed by atoms with Crippen molar-refractivity contribution >= 4 is 41.9 Å². The summed E-state index contributed by atoms with van der Waals surface area (Å²) < 4.78 is 5.32. The van der Waals surface area contributed by atoms with E-state index in [1.54, 1.807) is 4.90 Å². The second kappa shape index (κ2) is 10.6. The number of hydrogen-bond acceptors (Lipinski definition) is 4. The zero-order valence-electron chi connectivity index (χ0n) is 15.1. The molecule has 3 N–H and O–H groups in total. The van der Waals surface area contributed by atoms with Crippen molar-refractivity contribution in [2.75, 3.05) is 32.7 Å². The first-order chi connectivity index (χ1) is 10.7. The average molecular weight is 455 g/mol. The number of nitrogens with zero attached hydrogens (tertiary/aromatic N) is 2. The van der Waals surface area contributed by atoms with Gasteiger partial charge in [-0.05, 0) is 27.7 Å². The van der Waals surface area contributed by atoms with Crippen LogP contribution >= 0.6 is 24.0 Å². The van der Waals surface area contributed by atoms with Crippen LogP contribution in [0.2, 0.25) is 0 Å². The van der Waals surface area contributed by atoms with Crippen molar-refractivity contribution in [3.05, 3.63) is 0 Å². The van der Waals surface area contributed by atoms with E-state index in [1.165, 1.54) is 6.92 Å². The van der Waals surface area contributed by atoms with Crippen molar-refractivity contribution in [1.82, 2.24) is 20.9 Å². The second-order valence-corrected chi connectivity index (χ2v) is 6.47. The Hall–Kier alpha value is -1.26. The molecule has 8 nitrogen and oxygen atoms in total. The highest BCUT2D eigenvalue weighted by Crippen LogP contribution is 2.15. The highest BCUT2D eigenvalue weighted by molar-refractivity contribution is 14.0. The highest BCUT2D eigenvalue weighted by atomic mass is 127. The number of rotatable bonds is 5. The van der Waals surface area contributed by atoms with Crippen molar-refractivity contribution in [2.45, 2.75) is 46.3 Å². The number of nitrogens with one attached hydrogen (secondary N) is 3. The molecule has 0 aliphatic carbocycles. The van der Waals surface area contributed by atoms with Crippen LogP contribution in [0.5, 0.6) is 0 Å². The van der Waals surface area contributed by atoms with Gasteiger partial charge < -0.3 is 25.6 Å². The van der Waals surface area contributed by atoms with Crippen LogP contribution in [0, 0.1) is 0 Å². The molecule has 0 saturated carbocycles. The summed E-state index contributed by atoms with van der Waals surface area (Å²) in [7, 11) is 0. The molecule has 2 amide bonds. The Morgan fingerprint density at radius 3 is 2.38 bits per heavy atom. The van der Waals surface area contributed by atoms with Crippen LogP contribution in [0.25, 0.3) is 0 Å². The molecule has 0 radical (unpaired) electrons. The molecule has 0 bridgehead atoms. The maximum absolute atomic E-state index is 11.9. The molecule has 1 fully saturated rings. The summed E-state index contributed by atoms with van der Waals surface area (Å²) in [5.41, 5.74) is -0.476. The Labute approximate surface area is 161 Å². The fraction of sp³-hybridized carbons (Fsp3) is 0.800. The predicted octanol–water partition coefficient (Wildman–Crippen LogP) is 0.915. The van der Waals surface area contributed by atoms with E-state index < -0.39 is 5.60 Å². The smallest absolute Gasteiger partial charge is 0.410 e. The first kappa shape index (κ1) is 22.7. The van der Waals surface area contributed by atoms with Gasteiger partial charge in [0, 0.05) is 33.1 Å². The van der Waals surface area contributed by atoms with Gasteiger partial charge in [-0.25, -0.2) is 4.79 Å². The summed E-state index contributed by atoms with van der Waals surface area (Å²) in [6.45, 7) is 11.9. The molecule has 1 heterocycles. The lowest BCUT2D eigenvalue weighted by Crippen LogP contribution is -2.63. The van der Waals surface area contributed by atoms with E-state index in [0.717, 1.165) is 6.54 Å². The van der Waals surface area contributed by atoms with Crippen LogP contribution in [0.15, 0.2) is 4.99 Å². The molecule has 0 atom stereocenters. The fourth-order valence-corrected chi connectivity index (χ4v) is 1.96. The van der Waals surface area contributed by atoms with E-state index in [1.807, 2.05) is 27.7 Å². The number of ether oxygens (including phenoxy) is 1. The topological polar surface area (TPSA) is 95.1 Å². The van der Waals surface area contributed by atoms with E-state index in [0.29, 0.717) is 32.1 Å². The number of aliphatic imine (C=N–C) groups is 1. The fourth-order valence-electron chi connectivity index (χ4n) is 1.96. The van der Waals surface area contributed by atoms with Gasteiger partial charge in [0.15, 0.2) is 5.96 Å².